The van der Waals surface area contributed by atoms with Crippen LogP contribution >= 0.6 is 15.9 Å². The second-order valence-electron chi connectivity index (χ2n) is 8.75. The number of carbonyl (C=O) groups excluding carboxylic acids is 2. The van der Waals surface area contributed by atoms with Crippen LogP contribution in [0.3, 0.4) is 0 Å². The van der Waals surface area contributed by atoms with Gasteiger partial charge in [0.25, 0.3) is 0 Å². The Morgan fingerprint density at radius 1 is 0.919 bits per heavy atom. The van der Waals surface area contributed by atoms with E-state index >= 15 is 0 Å². The summed E-state index contributed by atoms with van der Waals surface area (Å²) < 4.78 is 27.3. The Morgan fingerprint density at radius 3 is 2.11 bits per heavy atom. The molecule has 1 atom stereocenters. The summed E-state index contributed by atoms with van der Waals surface area (Å²) in [4.78, 5) is 28.8. The normalized spacial score (nSPS) is 12.0. The number of hydrogen-bond donors (Lipinski definition) is 1. The van der Waals surface area contributed by atoms with Crippen LogP contribution in [0.5, 0.6) is 0 Å². The molecule has 0 aromatic heterocycles. The molecule has 0 bridgehead atoms. The Labute approximate surface area is 227 Å². The minimum absolute atomic E-state index is 0.160. The highest BCUT2D eigenvalue weighted by Gasteiger charge is 2.32. The lowest BCUT2D eigenvalue weighted by Crippen LogP contribution is -2.53. The second-order valence-corrected chi connectivity index (χ2v) is 11.6. The fourth-order valence-electron chi connectivity index (χ4n) is 3.95. The van der Waals surface area contributed by atoms with Crippen molar-refractivity contribution in [3.8, 4) is 0 Å². The van der Waals surface area contributed by atoms with Gasteiger partial charge in [-0.05, 0) is 35.7 Å². The maximum Gasteiger partial charge on any atom is 0.244 e. The highest BCUT2D eigenvalue weighted by molar-refractivity contribution is 9.10. The van der Waals surface area contributed by atoms with E-state index < -0.39 is 28.5 Å². The highest BCUT2D eigenvalue weighted by Crippen LogP contribution is 2.23. The van der Waals surface area contributed by atoms with Crippen LogP contribution in [0.15, 0.2) is 89.4 Å². The number of sulfonamides is 1. The number of benzene rings is 3. The number of hydrogen-bond acceptors (Lipinski definition) is 4. The van der Waals surface area contributed by atoms with E-state index in [0.717, 1.165) is 28.1 Å². The summed E-state index contributed by atoms with van der Waals surface area (Å²) in [6.45, 7) is 2.16. The SMILES string of the molecule is CCCNC(=O)[C@@H](Cc1ccccc1)N(Cc1ccccc1)C(=O)CN(c1cccc(Br)c1)S(C)(=O)=O. The third-order valence-corrected chi connectivity index (χ3v) is 7.43. The number of amides is 2. The van der Waals surface area contributed by atoms with Crippen molar-refractivity contribution in [2.24, 2.45) is 0 Å². The van der Waals surface area contributed by atoms with Gasteiger partial charge in [-0.15, -0.1) is 0 Å². The van der Waals surface area contributed by atoms with E-state index in [-0.39, 0.29) is 12.5 Å². The van der Waals surface area contributed by atoms with E-state index in [2.05, 4.69) is 21.2 Å². The quantitative estimate of drug-likeness (QED) is 0.342. The van der Waals surface area contributed by atoms with Gasteiger partial charge in [-0.2, -0.15) is 0 Å². The van der Waals surface area contributed by atoms with Gasteiger partial charge in [0.05, 0.1) is 11.9 Å². The summed E-state index contributed by atoms with van der Waals surface area (Å²) in [5.41, 5.74) is 2.10. The van der Waals surface area contributed by atoms with E-state index in [1.165, 1.54) is 4.90 Å². The highest BCUT2D eigenvalue weighted by atomic mass is 79.9. The van der Waals surface area contributed by atoms with Gasteiger partial charge < -0.3 is 10.2 Å². The van der Waals surface area contributed by atoms with Gasteiger partial charge in [0.2, 0.25) is 21.8 Å². The van der Waals surface area contributed by atoms with Gasteiger partial charge in [-0.1, -0.05) is 89.6 Å². The van der Waals surface area contributed by atoms with Crippen molar-refractivity contribution >= 4 is 43.5 Å². The van der Waals surface area contributed by atoms with Gasteiger partial charge in [0.1, 0.15) is 12.6 Å². The molecule has 0 spiro atoms. The third kappa shape index (κ3) is 8.43. The summed E-state index contributed by atoms with van der Waals surface area (Å²) in [5, 5.41) is 2.93. The minimum Gasteiger partial charge on any atom is -0.354 e. The van der Waals surface area contributed by atoms with Crippen molar-refractivity contribution in [3.63, 3.8) is 0 Å². The van der Waals surface area contributed by atoms with Crippen molar-refractivity contribution in [1.29, 1.82) is 0 Å². The standard InChI is InChI=1S/C28H32BrN3O4S/c1-3-17-30-28(34)26(18-22-11-6-4-7-12-22)31(20-23-13-8-5-9-14-23)27(33)21-32(37(2,35)36)25-16-10-15-24(29)19-25/h4-16,19,26H,3,17-18,20-21H2,1-2H3,(H,30,34)/t26-/m1/s1. The lowest BCUT2D eigenvalue weighted by Gasteiger charge is -2.33. The molecule has 0 aliphatic rings. The number of carbonyl (C=O) groups is 2. The van der Waals surface area contributed by atoms with Gasteiger partial charge in [-0.25, -0.2) is 8.42 Å². The first-order valence-corrected chi connectivity index (χ1v) is 14.7. The van der Waals surface area contributed by atoms with Crippen molar-refractivity contribution in [2.45, 2.75) is 32.4 Å². The van der Waals surface area contributed by atoms with Crippen LogP contribution in [-0.4, -0.2) is 50.5 Å². The fraction of sp³-hybridized carbons (Fsp3) is 0.286. The topological polar surface area (TPSA) is 86.8 Å². The van der Waals surface area contributed by atoms with Crippen LogP contribution in [0, 0.1) is 0 Å². The van der Waals surface area contributed by atoms with E-state index in [9.17, 15) is 18.0 Å². The zero-order valence-electron chi connectivity index (χ0n) is 21.0. The van der Waals surface area contributed by atoms with Gasteiger partial charge in [0, 0.05) is 24.0 Å². The van der Waals surface area contributed by atoms with Crippen LogP contribution in [-0.2, 0) is 32.6 Å². The Bertz CT molecular complexity index is 1290. The molecule has 196 valence electrons. The van der Waals surface area contributed by atoms with Gasteiger partial charge in [-0.3, -0.25) is 13.9 Å². The summed E-state index contributed by atoms with van der Waals surface area (Å²) in [6, 6.07) is 24.8. The van der Waals surface area contributed by atoms with Crippen molar-refractivity contribution < 1.29 is 18.0 Å². The number of nitrogens with zero attached hydrogens (tertiary/aromatic N) is 2. The van der Waals surface area contributed by atoms with Crippen LogP contribution in [0.1, 0.15) is 24.5 Å². The maximum absolute atomic E-state index is 13.9. The first-order chi connectivity index (χ1) is 17.7. The fourth-order valence-corrected chi connectivity index (χ4v) is 5.17. The Kier molecular flexibility index (Phi) is 10.3. The van der Waals surface area contributed by atoms with Crippen LogP contribution in [0.2, 0.25) is 0 Å². The van der Waals surface area contributed by atoms with Crippen LogP contribution < -0.4 is 9.62 Å². The summed E-state index contributed by atoms with van der Waals surface area (Å²) >= 11 is 3.37. The molecule has 3 rings (SSSR count). The van der Waals surface area contributed by atoms with E-state index in [1.807, 2.05) is 67.6 Å². The Morgan fingerprint density at radius 2 is 1.54 bits per heavy atom. The van der Waals surface area contributed by atoms with E-state index in [0.29, 0.717) is 23.1 Å². The molecule has 0 aliphatic heterocycles. The molecule has 0 fully saturated rings. The predicted molar refractivity (Wildman–Crippen MR) is 151 cm³/mol. The Hall–Kier alpha value is -3.17. The van der Waals surface area contributed by atoms with Gasteiger partial charge in [0.15, 0.2) is 0 Å². The number of halogens is 1. The predicted octanol–water partition coefficient (Wildman–Crippen LogP) is 4.38. The van der Waals surface area contributed by atoms with Gasteiger partial charge >= 0.3 is 0 Å². The molecule has 0 saturated carbocycles. The molecule has 2 amide bonds. The average molecular weight is 587 g/mol. The lowest BCUT2D eigenvalue weighted by atomic mass is 10.0. The molecule has 0 unspecified atom stereocenters. The van der Waals surface area contributed by atoms with Crippen molar-refractivity contribution in [3.05, 3.63) is 101 Å². The van der Waals surface area contributed by atoms with Crippen molar-refractivity contribution in [1.82, 2.24) is 10.2 Å². The van der Waals surface area contributed by atoms with Crippen LogP contribution in [0.25, 0.3) is 0 Å². The zero-order chi connectivity index (χ0) is 26.8. The molecule has 7 nitrogen and oxygen atoms in total. The molecule has 9 heteroatoms. The zero-order valence-corrected chi connectivity index (χ0v) is 23.4. The minimum atomic E-state index is -3.79. The summed E-state index contributed by atoms with van der Waals surface area (Å²) in [6.07, 6.45) is 2.12. The van der Waals surface area contributed by atoms with Crippen molar-refractivity contribution in [2.75, 3.05) is 23.7 Å². The number of anilines is 1. The molecular weight excluding hydrogens is 554 g/mol. The first-order valence-electron chi connectivity index (χ1n) is 12.1. The van der Waals surface area contributed by atoms with E-state index in [4.69, 9.17) is 0 Å². The second kappa shape index (κ2) is 13.4. The molecular formula is C28H32BrN3O4S. The summed E-state index contributed by atoms with van der Waals surface area (Å²) in [5.74, 6) is -0.745. The molecule has 0 heterocycles. The molecule has 0 aliphatic carbocycles. The molecule has 37 heavy (non-hydrogen) atoms. The summed E-state index contributed by atoms with van der Waals surface area (Å²) in [7, 11) is -3.79. The Balaban J connectivity index is 2.02. The monoisotopic (exact) mass is 585 g/mol. The largest absolute Gasteiger partial charge is 0.354 e. The lowest BCUT2D eigenvalue weighted by molar-refractivity contribution is -0.140. The number of nitrogens with one attached hydrogen (secondary N) is 1. The smallest absolute Gasteiger partial charge is 0.244 e. The molecule has 1 N–H and O–H groups in total. The molecule has 0 saturated heterocycles. The third-order valence-electron chi connectivity index (χ3n) is 5.79. The average Bonchev–Trinajstić information content (AvgIpc) is 2.88. The van der Waals surface area contributed by atoms with Crippen LogP contribution in [0.4, 0.5) is 5.69 Å². The molecule has 3 aromatic carbocycles. The molecule has 3 aromatic rings. The molecule has 0 radical (unpaired) electrons. The first kappa shape index (κ1) is 28.4. The van der Waals surface area contributed by atoms with E-state index in [1.54, 1.807) is 24.3 Å². The maximum atomic E-state index is 13.9. The number of rotatable bonds is 12.